The normalized spacial score (nSPS) is 11.8. The molecule has 1 amide bonds. The lowest BCUT2D eigenvalue weighted by atomic mass is 10.0. The van der Waals surface area contributed by atoms with E-state index in [-0.39, 0.29) is 33.1 Å². The van der Waals surface area contributed by atoms with Crippen molar-refractivity contribution in [1.82, 2.24) is 24.4 Å². The molecule has 0 radical (unpaired) electrons. The number of aromatic nitrogens is 4. The molecule has 0 saturated carbocycles. The van der Waals surface area contributed by atoms with Gasteiger partial charge in [-0.2, -0.15) is 0 Å². The third kappa shape index (κ3) is 4.73. The minimum atomic E-state index is -1.05. The zero-order valence-electron chi connectivity index (χ0n) is 19.1. The van der Waals surface area contributed by atoms with E-state index in [1.165, 1.54) is 43.4 Å². The van der Waals surface area contributed by atoms with Crippen LogP contribution in [-0.4, -0.2) is 44.1 Å². The summed E-state index contributed by atoms with van der Waals surface area (Å²) in [6.45, 7) is 0. The second-order valence-corrected chi connectivity index (χ2v) is 8.57. The highest BCUT2D eigenvalue weighted by Gasteiger charge is 2.25. The number of ether oxygens (including phenoxy) is 1. The molecule has 2 aromatic heterocycles. The molecule has 36 heavy (non-hydrogen) atoms. The highest BCUT2D eigenvalue weighted by molar-refractivity contribution is 6.39. The number of halogens is 2. The number of fused-ring (bicyclic) bond motifs is 1. The Balaban J connectivity index is 1.63. The Labute approximate surface area is 214 Å². The average molecular weight is 528 g/mol. The van der Waals surface area contributed by atoms with Gasteiger partial charge in [0.2, 0.25) is 0 Å². The molecule has 4 rings (SSSR count). The van der Waals surface area contributed by atoms with Crippen molar-refractivity contribution in [1.29, 1.82) is 0 Å². The van der Waals surface area contributed by atoms with Crippen LogP contribution in [0.4, 0.5) is 0 Å². The first-order chi connectivity index (χ1) is 17.2. The zero-order valence-corrected chi connectivity index (χ0v) is 20.6. The minimum absolute atomic E-state index is 0.0422. The molecule has 1 atom stereocenters. The molecule has 10 nitrogen and oxygen atoms in total. The number of carbonyl (C=O) groups excluding carboxylic acids is 2. The molecule has 1 N–H and O–H groups in total. The van der Waals surface area contributed by atoms with E-state index in [1.54, 1.807) is 30.3 Å². The minimum Gasteiger partial charge on any atom is -0.467 e. The van der Waals surface area contributed by atoms with Crippen LogP contribution < -0.4 is 16.6 Å². The fourth-order valence-electron chi connectivity index (χ4n) is 3.71. The van der Waals surface area contributed by atoms with Gasteiger partial charge in [-0.15, -0.1) is 0 Å². The van der Waals surface area contributed by atoms with Gasteiger partial charge in [-0.25, -0.2) is 24.1 Å². The Hall–Kier alpha value is -4.02. The first-order valence-corrected chi connectivity index (χ1v) is 11.3. The van der Waals surface area contributed by atoms with Crippen molar-refractivity contribution in [3.63, 3.8) is 0 Å². The van der Waals surface area contributed by atoms with E-state index in [2.05, 4.69) is 15.3 Å². The van der Waals surface area contributed by atoms with Gasteiger partial charge in [-0.1, -0.05) is 41.4 Å². The third-order valence-electron chi connectivity index (χ3n) is 5.54. The summed E-state index contributed by atoms with van der Waals surface area (Å²) in [6, 6.07) is 9.98. The Kier molecular flexibility index (Phi) is 7.18. The second kappa shape index (κ2) is 10.3. The number of aryl methyl sites for hydroxylation is 1. The van der Waals surface area contributed by atoms with Crippen LogP contribution in [0.5, 0.6) is 0 Å². The molecular formula is C24H19Cl2N5O5. The molecule has 0 unspecified atom stereocenters. The Bertz CT molecular complexity index is 1580. The molecular weight excluding hydrogens is 509 g/mol. The van der Waals surface area contributed by atoms with Gasteiger partial charge in [-0.3, -0.25) is 14.2 Å². The number of rotatable bonds is 6. The van der Waals surface area contributed by atoms with Crippen molar-refractivity contribution in [3.8, 4) is 5.69 Å². The molecule has 0 aliphatic rings. The number of amides is 1. The SMILES string of the molecule is COC(=O)[C@H](Cc1ccc(-n2c(=O)c3cncnc3n(C)c2=O)cc1)NC(=O)c1c(Cl)cccc1Cl. The predicted molar refractivity (Wildman–Crippen MR) is 134 cm³/mol. The number of nitrogens with one attached hydrogen (secondary N) is 1. The summed E-state index contributed by atoms with van der Waals surface area (Å²) in [7, 11) is 2.72. The van der Waals surface area contributed by atoms with E-state index < -0.39 is 29.2 Å². The summed E-state index contributed by atoms with van der Waals surface area (Å²) in [5.74, 6) is -1.30. The van der Waals surface area contributed by atoms with E-state index in [1.807, 2.05) is 0 Å². The maximum absolute atomic E-state index is 12.9. The fourth-order valence-corrected chi connectivity index (χ4v) is 4.28. The third-order valence-corrected chi connectivity index (χ3v) is 6.17. The molecule has 0 aliphatic carbocycles. The summed E-state index contributed by atoms with van der Waals surface area (Å²) >= 11 is 12.2. The first-order valence-electron chi connectivity index (χ1n) is 10.6. The van der Waals surface area contributed by atoms with E-state index in [9.17, 15) is 19.2 Å². The Morgan fingerprint density at radius 1 is 1.08 bits per heavy atom. The van der Waals surface area contributed by atoms with Crippen LogP contribution >= 0.6 is 23.2 Å². The first kappa shape index (κ1) is 25.1. The molecule has 0 aliphatic heterocycles. The van der Waals surface area contributed by atoms with Gasteiger partial charge >= 0.3 is 11.7 Å². The van der Waals surface area contributed by atoms with E-state index in [4.69, 9.17) is 27.9 Å². The Morgan fingerprint density at radius 3 is 2.39 bits per heavy atom. The van der Waals surface area contributed by atoms with Gasteiger partial charge in [0, 0.05) is 19.7 Å². The number of benzene rings is 2. The van der Waals surface area contributed by atoms with Gasteiger partial charge in [0.05, 0.1) is 28.4 Å². The van der Waals surface area contributed by atoms with Crippen LogP contribution in [0, 0.1) is 0 Å². The van der Waals surface area contributed by atoms with Gasteiger partial charge in [0.15, 0.2) is 5.65 Å². The maximum atomic E-state index is 12.9. The maximum Gasteiger partial charge on any atom is 0.337 e. The molecule has 4 aromatic rings. The van der Waals surface area contributed by atoms with Crippen LogP contribution in [0.3, 0.4) is 0 Å². The van der Waals surface area contributed by atoms with Crippen LogP contribution in [0.2, 0.25) is 10.0 Å². The molecule has 0 spiro atoms. The van der Waals surface area contributed by atoms with Gasteiger partial charge < -0.3 is 10.1 Å². The Morgan fingerprint density at radius 2 is 1.75 bits per heavy atom. The monoisotopic (exact) mass is 527 g/mol. The van der Waals surface area contributed by atoms with Crippen molar-refractivity contribution in [2.45, 2.75) is 12.5 Å². The summed E-state index contributed by atoms with van der Waals surface area (Å²) in [4.78, 5) is 58.8. The van der Waals surface area contributed by atoms with Crippen molar-refractivity contribution in [2.24, 2.45) is 7.05 Å². The van der Waals surface area contributed by atoms with Crippen LogP contribution in [-0.2, 0) is 23.0 Å². The second-order valence-electron chi connectivity index (χ2n) is 7.76. The quantitative estimate of drug-likeness (QED) is 0.381. The number of carbonyl (C=O) groups is 2. The average Bonchev–Trinajstić information content (AvgIpc) is 2.87. The smallest absolute Gasteiger partial charge is 0.337 e. The number of hydrogen-bond donors (Lipinski definition) is 1. The summed E-state index contributed by atoms with van der Waals surface area (Å²) < 4.78 is 7.11. The largest absolute Gasteiger partial charge is 0.467 e. The number of nitrogens with zero attached hydrogens (tertiary/aromatic N) is 4. The van der Waals surface area contributed by atoms with E-state index in [0.717, 1.165) is 4.57 Å². The lowest BCUT2D eigenvalue weighted by molar-refractivity contribution is -0.142. The van der Waals surface area contributed by atoms with E-state index >= 15 is 0 Å². The predicted octanol–water partition coefficient (Wildman–Crippen LogP) is 2.30. The number of esters is 1. The number of methoxy groups -OCH3 is 1. The standard InChI is InChI=1S/C24H19Cl2N5O5/c1-30-20-15(11-27-12-28-20)22(33)31(24(30)35)14-8-6-13(7-9-14)10-18(23(34)36-2)29-21(32)19-16(25)4-3-5-17(19)26/h3-9,11-12,18H,10H2,1-2H3,(H,29,32)/t18-/m0/s1. The molecule has 12 heteroatoms. The number of hydrogen-bond acceptors (Lipinski definition) is 7. The van der Waals surface area contributed by atoms with Crippen molar-refractivity contribution in [2.75, 3.05) is 7.11 Å². The fraction of sp³-hybridized carbons (Fsp3) is 0.167. The summed E-state index contributed by atoms with van der Waals surface area (Å²) in [6.07, 6.45) is 2.68. The van der Waals surface area contributed by atoms with Crippen molar-refractivity contribution >= 4 is 46.1 Å². The molecule has 0 fully saturated rings. The lowest BCUT2D eigenvalue weighted by Gasteiger charge is -2.18. The topological polar surface area (TPSA) is 125 Å². The summed E-state index contributed by atoms with van der Waals surface area (Å²) in [5, 5.41) is 3.07. The molecule has 184 valence electrons. The highest BCUT2D eigenvalue weighted by atomic mass is 35.5. The molecule has 0 saturated heterocycles. The van der Waals surface area contributed by atoms with Crippen molar-refractivity contribution < 1.29 is 14.3 Å². The van der Waals surface area contributed by atoms with Crippen molar-refractivity contribution in [3.05, 3.63) is 97.0 Å². The van der Waals surface area contributed by atoms with Gasteiger partial charge in [0.25, 0.3) is 11.5 Å². The highest BCUT2D eigenvalue weighted by Crippen LogP contribution is 2.24. The molecule has 2 heterocycles. The van der Waals surface area contributed by atoms with E-state index in [0.29, 0.717) is 11.3 Å². The summed E-state index contributed by atoms with van der Waals surface area (Å²) in [5.41, 5.74) is 0.0853. The van der Waals surface area contributed by atoms with Crippen LogP contribution in [0.15, 0.2) is 64.6 Å². The molecule has 0 bridgehead atoms. The van der Waals surface area contributed by atoms with Gasteiger partial charge in [0.1, 0.15) is 17.8 Å². The van der Waals surface area contributed by atoms with Crippen LogP contribution in [0.25, 0.3) is 16.7 Å². The van der Waals surface area contributed by atoms with Gasteiger partial charge in [-0.05, 0) is 29.8 Å². The van der Waals surface area contributed by atoms with Crippen LogP contribution in [0.1, 0.15) is 15.9 Å². The lowest BCUT2D eigenvalue weighted by Crippen LogP contribution is -2.43. The molecule has 2 aromatic carbocycles. The zero-order chi connectivity index (χ0) is 26.0.